The number of nitrogens with one attached hydrogen (secondary N) is 1. The highest BCUT2D eigenvalue weighted by molar-refractivity contribution is 5.94. The number of nitrogens with zero attached hydrogens (tertiary/aromatic N) is 1. The molecule has 0 aliphatic heterocycles. The van der Waals surface area contributed by atoms with E-state index < -0.39 is 0 Å². The van der Waals surface area contributed by atoms with Gasteiger partial charge in [-0.1, -0.05) is 12.8 Å². The van der Waals surface area contributed by atoms with Crippen molar-refractivity contribution in [1.82, 2.24) is 10.2 Å². The number of likely N-dealkylation sites (N-methyl/N-ethyl adjacent to an activating group) is 1. The molecular weight excluding hydrogens is 252 g/mol. The Morgan fingerprint density at radius 1 is 1.20 bits per heavy atom. The SMILES string of the molecule is COc1ccc(C(=O)NC2CCCCC2N(C)C)cc1. The van der Waals surface area contributed by atoms with Crippen molar-refractivity contribution in [2.75, 3.05) is 21.2 Å². The van der Waals surface area contributed by atoms with Crippen LogP contribution in [0.5, 0.6) is 5.75 Å². The molecule has 0 aromatic heterocycles. The van der Waals surface area contributed by atoms with E-state index >= 15 is 0 Å². The molecule has 2 rings (SSSR count). The van der Waals surface area contributed by atoms with Crippen LogP contribution in [0.1, 0.15) is 36.0 Å². The number of carbonyl (C=O) groups is 1. The summed E-state index contributed by atoms with van der Waals surface area (Å²) >= 11 is 0. The number of carbonyl (C=O) groups excluding carboxylic acids is 1. The van der Waals surface area contributed by atoms with Crippen molar-refractivity contribution in [3.63, 3.8) is 0 Å². The average Bonchev–Trinajstić information content (AvgIpc) is 2.47. The largest absolute Gasteiger partial charge is 0.497 e. The number of benzene rings is 1. The summed E-state index contributed by atoms with van der Waals surface area (Å²) in [5, 5.41) is 3.18. The number of rotatable bonds is 4. The lowest BCUT2D eigenvalue weighted by atomic mass is 9.89. The van der Waals surface area contributed by atoms with Crippen LogP contribution < -0.4 is 10.1 Å². The van der Waals surface area contributed by atoms with Crippen molar-refractivity contribution in [3.8, 4) is 5.75 Å². The van der Waals surface area contributed by atoms with Crippen LogP contribution in [0.3, 0.4) is 0 Å². The molecule has 1 aromatic rings. The second kappa shape index (κ2) is 6.75. The lowest BCUT2D eigenvalue weighted by molar-refractivity contribution is 0.0883. The smallest absolute Gasteiger partial charge is 0.251 e. The Morgan fingerprint density at radius 2 is 1.85 bits per heavy atom. The van der Waals surface area contributed by atoms with Crippen molar-refractivity contribution < 1.29 is 9.53 Å². The standard InChI is InChI=1S/C16H24N2O2/c1-18(2)15-7-5-4-6-14(15)17-16(19)12-8-10-13(20-3)11-9-12/h8-11,14-15H,4-7H2,1-3H3,(H,17,19). The van der Waals surface area contributed by atoms with Crippen LogP contribution >= 0.6 is 0 Å². The molecule has 1 aliphatic carbocycles. The molecule has 20 heavy (non-hydrogen) atoms. The minimum atomic E-state index is 0.00593. The van der Waals surface area contributed by atoms with Crippen molar-refractivity contribution in [1.29, 1.82) is 0 Å². The maximum atomic E-state index is 12.3. The minimum Gasteiger partial charge on any atom is -0.497 e. The molecule has 0 radical (unpaired) electrons. The van der Waals surface area contributed by atoms with Crippen LogP contribution in [-0.4, -0.2) is 44.1 Å². The molecule has 2 unspecified atom stereocenters. The first-order chi connectivity index (χ1) is 9.61. The zero-order chi connectivity index (χ0) is 14.5. The molecule has 2 atom stereocenters. The van der Waals surface area contributed by atoms with Gasteiger partial charge in [0.15, 0.2) is 0 Å². The summed E-state index contributed by atoms with van der Waals surface area (Å²) in [6, 6.07) is 7.93. The molecule has 1 amide bonds. The summed E-state index contributed by atoms with van der Waals surface area (Å²) < 4.78 is 5.11. The topological polar surface area (TPSA) is 41.6 Å². The first-order valence-corrected chi connectivity index (χ1v) is 7.23. The Bertz CT molecular complexity index is 442. The van der Waals surface area contributed by atoms with E-state index in [9.17, 15) is 4.79 Å². The number of hydrogen-bond donors (Lipinski definition) is 1. The Hall–Kier alpha value is -1.55. The molecule has 0 bridgehead atoms. The first-order valence-electron chi connectivity index (χ1n) is 7.23. The van der Waals surface area contributed by atoms with Gasteiger partial charge in [0, 0.05) is 17.6 Å². The number of methoxy groups -OCH3 is 1. The predicted octanol–water partition coefficient (Wildman–Crippen LogP) is 2.30. The van der Waals surface area contributed by atoms with Crippen LogP contribution in [0.4, 0.5) is 0 Å². The highest BCUT2D eigenvalue weighted by Gasteiger charge is 2.28. The van der Waals surface area contributed by atoms with Gasteiger partial charge in [0.2, 0.25) is 0 Å². The van der Waals surface area contributed by atoms with E-state index in [4.69, 9.17) is 4.74 Å². The van der Waals surface area contributed by atoms with E-state index in [-0.39, 0.29) is 11.9 Å². The Labute approximate surface area is 121 Å². The molecule has 0 saturated heterocycles. The van der Waals surface area contributed by atoms with Gasteiger partial charge < -0.3 is 15.0 Å². The van der Waals surface area contributed by atoms with Crippen LogP contribution in [-0.2, 0) is 0 Å². The molecule has 1 fully saturated rings. The fourth-order valence-electron chi connectivity index (χ4n) is 2.89. The molecular formula is C16H24N2O2. The normalized spacial score (nSPS) is 22.6. The number of hydrogen-bond acceptors (Lipinski definition) is 3. The van der Waals surface area contributed by atoms with E-state index in [1.165, 1.54) is 12.8 Å². The molecule has 0 heterocycles. The molecule has 4 heteroatoms. The first kappa shape index (κ1) is 14.9. The van der Waals surface area contributed by atoms with Gasteiger partial charge in [-0.25, -0.2) is 0 Å². The second-order valence-corrected chi connectivity index (χ2v) is 5.62. The number of amides is 1. The minimum absolute atomic E-state index is 0.00593. The van der Waals surface area contributed by atoms with E-state index in [1.54, 1.807) is 7.11 Å². The van der Waals surface area contributed by atoms with Gasteiger partial charge in [-0.15, -0.1) is 0 Å². The summed E-state index contributed by atoms with van der Waals surface area (Å²) in [5.74, 6) is 0.775. The molecule has 4 nitrogen and oxygen atoms in total. The van der Waals surface area contributed by atoms with Crippen molar-refractivity contribution in [2.24, 2.45) is 0 Å². The average molecular weight is 276 g/mol. The van der Waals surface area contributed by atoms with Crippen molar-refractivity contribution >= 4 is 5.91 Å². The molecule has 1 aliphatic rings. The van der Waals surface area contributed by atoms with E-state index in [1.807, 2.05) is 24.3 Å². The van der Waals surface area contributed by atoms with Gasteiger partial charge in [0.05, 0.1) is 7.11 Å². The van der Waals surface area contributed by atoms with Gasteiger partial charge in [0.1, 0.15) is 5.75 Å². The van der Waals surface area contributed by atoms with Gasteiger partial charge in [-0.2, -0.15) is 0 Å². The predicted molar refractivity (Wildman–Crippen MR) is 80.2 cm³/mol. The Kier molecular flexibility index (Phi) is 5.01. The van der Waals surface area contributed by atoms with Gasteiger partial charge >= 0.3 is 0 Å². The molecule has 1 aromatic carbocycles. The van der Waals surface area contributed by atoms with Crippen LogP contribution in [0.25, 0.3) is 0 Å². The van der Waals surface area contributed by atoms with E-state index in [0.717, 1.165) is 18.6 Å². The summed E-state index contributed by atoms with van der Waals surface area (Å²) in [5.41, 5.74) is 0.689. The second-order valence-electron chi connectivity index (χ2n) is 5.62. The monoisotopic (exact) mass is 276 g/mol. The summed E-state index contributed by atoms with van der Waals surface area (Å²) in [6.45, 7) is 0. The fraction of sp³-hybridized carbons (Fsp3) is 0.562. The van der Waals surface area contributed by atoms with Crippen LogP contribution in [0.15, 0.2) is 24.3 Å². The van der Waals surface area contributed by atoms with Crippen molar-refractivity contribution in [3.05, 3.63) is 29.8 Å². The third kappa shape index (κ3) is 3.51. The third-order valence-corrected chi connectivity index (χ3v) is 4.06. The number of ether oxygens (including phenoxy) is 1. The van der Waals surface area contributed by atoms with Crippen LogP contribution in [0, 0.1) is 0 Å². The van der Waals surface area contributed by atoms with Gasteiger partial charge in [-0.05, 0) is 51.2 Å². The molecule has 0 spiro atoms. The maximum absolute atomic E-state index is 12.3. The van der Waals surface area contributed by atoms with Gasteiger partial charge in [-0.3, -0.25) is 4.79 Å². The molecule has 1 N–H and O–H groups in total. The third-order valence-electron chi connectivity index (χ3n) is 4.06. The van der Waals surface area contributed by atoms with E-state index in [0.29, 0.717) is 11.6 Å². The Balaban J connectivity index is 2.01. The van der Waals surface area contributed by atoms with Gasteiger partial charge in [0.25, 0.3) is 5.91 Å². The molecule has 1 saturated carbocycles. The quantitative estimate of drug-likeness (QED) is 0.917. The molecule has 110 valence electrons. The summed E-state index contributed by atoms with van der Waals surface area (Å²) in [4.78, 5) is 14.5. The van der Waals surface area contributed by atoms with E-state index in [2.05, 4.69) is 24.3 Å². The lowest BCUT2D eigenvalue weighted by Gasteiger charge is -2.36. The zero-order valence-corrected chi connectivity index (χ0v) is 12.6. The highest BCUT2D eigenvalue weighted by Crippen LogP contribution is 2.22. The fourth-order valence-corrected chi connectivity index (χ4v) is 2.89. The summed E-state index contributed by atoms with van der Waals surface area (Å²) in [7, 11) is 5.80. The maximum Gasteiger partial charge on any atom is 0.251 e. The Morgan fingerprint density at radius 3 is 2.45 bits per heavy atom. The van der Waals surface area contributed by atoms with Crippen molar-refractivity contribution in [2.45, 2.75) is 37.8 Å². The highest BCUT2D eigenvalue weighted by atomic mass is 16.5. The zero-order valence-electron chi connectivity index (χ0n) is 12.6. The van der Waals surface area contributed by atoms with Crippen LogP contribution in [0.2, 0.25) is 0 Å². The summed E-state index contributed by atoms with van der Waals surface area (Å²) in [6.07, 6.45) is 4.65. The lowest BCUT2D eigenvalue weighted by Crippen LogP contribution is -2.51.